The van der Waals surface area contributed by atoms with Gasteiger partial charge in [0.15, 0.2) is 11.0 Å². The number of amides is 2. The number of carbonyl (C=O) groups excluding carboxylic acids is 2. The summed E-state index contributed by atoms with van der Waals surface area (Å²) in [7, 11) is 1.62. The van der Waals surface area contributed by atoms with Gasteiger partial charge in [0.1, 0.15) is 11.5 Å². The first-order valence-electron chi connectivity index (χ1n) is 11.6. The molecule has 9 nitrogen and oxygen atoms in total. The van der Waals surface area contributed by atoms with Gasteiger partial charge in [-0.15, -0.1) is 10.2 Å². The van der Waals surface area contributed by atoms with E-state index >= 15 is 0 Å². The van der Waals surface area contributed by atoms with Gasteiger partial charge in [0, 0.05) is 24.3 Å². The number of ether oxygens (including phenoxy) is 2. The second-order valence-electron chi connectivity index (χ2n) is 7.95. The Morgan fingerprint density at radius 3 is 2.34 bits per heavy atom. The van der Waals surface area contributed by atoms with Crippen molar-refractivity contribution in [1.29, 1.82) is 0 Å². The molecular formula is C25H29N5O4S. The summed E-state index contributed by atoms with van der Waals surface area (Å²) in [5, 5.41) is 12.1. The van der Waals surface area contributed by atoms with E-state index in [-0.39, 0.29) is 24.1 Å². The van der Waals surface area contributed by atoms with Crippen molar-refractivity contribution in [2.24, 2.45) is 0 Å². The fourth-order valence-electron chi connectivity index (χ4n) is 3.81. The maximum absolute atomic E-state index is 12.5. The lowest BCUT2D eigenvalue weighted by Crippen LogP contribution is -2.39. The highest BCUT2D eigenvalue weighted by Gasteiger charge is 2.20. The standard InChI is InChI=1S/C25H29N5O4S/c1-3-34-21-12-8-19(9-13-21)30-24(18-6-10-20(33-2)11-7-18)27-28-25(30)35-17-22(31)26-16-23(32)29-14-4-5-15-29/h6-13H,3-5,14-17H2,1-2H3,(H,26,31). The molecule has 2 aromatic carbocycles. The quantitative estimate of drug-likeness (QED) is 0.432. The number of hydrogen-bond acceptors (Lipinski definition) is 7. The van der Waals surface area contributed by atoms with Crippen molar-refractivity contribution in [2.75, 3.05) is 39.1 Å². The third-order valence-corrected chi connectivity index (χ3v) is 6.54. The van der Waals surface area contributed by atoms with Crippen LogP contribution in [-0.2, 0) is 9.59 Å². The number of nitrogens with one attached hydrogen (secondary N) is 1. The van der Waals surface area contributed by atoms with Gasteiger partial charge in [-0.1, -0.05) is 11.8 Å². The Morgan fingerprint density at radius 1 is 1.00 bits per heavy atom. The third-order valence-electron chi connectivity index (χ3n) is 5.62. The summed E-state index contributed by atoms with van der Waals surface area (Å²) in [4.78, 5) is 26.4. The lowest BCUT2D eigenvalue weighted by Gasteiger charge is -2.15. The SMILES string of the molecule is CCOc1ccc(-n2c(SCC(=O)NCC(=O)N3CCCC3)nnc2-c2ccc(OC)cc2)cc1. The summed E-state index contributed by atoms with van der Waals surface area (Å²) in [6.07, 6.45) is 2.04. The molecule has 1 aliphatic rings. The van der Waals surface area contributed by atoms with E-state index in [2.05, 4.69) is 15.5 Å². The summed E-state index contributed by atoms with van der Waals surface area (Å²) < 4.78 is 12.7. The van der Waals surface area contributed by atoms with Crippen molar-refractivity contribution < 1.29 is 19.1 Å². The number of nitrogens with zero attached hydrogens (tertiary/aromatic N) is 4. The van der Waals surface area contributed by atoms with Crippen LogP contribution in [0.3, 0.4) is 0 Å². The molecule has 0 unspecified atom stereocenters. The monoisotopic (exact) mass is 495 g/mol. The molecule has 4 rings (SSSR count). The molecule has 1 N–H and O–H groups in total. The van der Waals surface area contributed by atoms with Crippen LogP contribution < -0.4 is 14.8 Å². The molecule has 184 valence electrons. The molecule has 35 heavy (non-hydrogen) atoms. The van der Waals surface area contributed by atoms with Gasteiger partial charge in [-0.2, -0.15) is 0 Å². The van der Waals surface area contributed by atoms with Gasteiger partial charge in [0.25, 0.3) is 0 Å². The van der Waals surface area contributed by atoms with Gasteiger partial charge < -0.3 is 19.7 Å². The minimum Gasteiger partial charge on any atom is -0.497 e. The number of likely N-dealkylation sites (tertiary alicyclic amines) is 1. The second-order valence-corrected chi connectivity index (χ2v) is 8.89. The van der Waals surface area contributed by atoms with Crippen LogP contribution in [0, 0.1) is 0 Å². The number of thioether (sulfide) groups is 1. The van der Waals surface area contributed by atoms with E-state index in [4.69, 9.17) is 9.47 Å². The van der Waals surface area contributed by atoms with E-state index < -0.39 is 0 Å². The number of rotatable bonds is 10. The lowest BCUT2D eigenvalue weighted by molar-refractivity contribution is -0.131. The van der Waals surface area contributed by atoms with Gasteiger partial charge in [-0.25, -0.2) is 0 Å². The first-order chi connectivity index (χ1) is 17.1. The maximum atomic E-state index is 12.5. The Morgan fingerprint density at radius 2 is 1.69 bits per heavy atom. The number of hydrogen-bond donors (Lipinski definition) is 1. The lowest BCUT2D eigenvalue weighted by atomic mass is 10.2. The molecule has 0 atom stereocenters. The largest absolute Gasteiger partial charge is 0.497 e. The summed E-state index contributed by atoms with van der Waals surface area (Å²) in [5.74, 6) is 2.01. The smallest absolute Gasteiger partial charge is 0.241 e. The molecule has 2 heterocycles. The Hall–Kier alpha value is -3.53. The Kier molecular flexibility index (Phi) is 8.25. The molecule has 1 aliphatic heterocycles. The van der Waals surface area contributed by atoms with Crippen LogP contribution in [0.5, 0.6) is 11.5 Å². The number of aromatic nitrogens is 3. The van der Waals surface area contributed by atoms with Crippen LogP contribution in [0.4, 0.5) is 0 Å². The minimum atomic E-state index is -0.227. The van der Waals surface area contributed by atoms with Crippen molar-refractivity contribution in [2.45, 2.75) is 24.9 Å². The normalized spacial score (nSPS) is 13.0. The molecule has 0 aliphatic carbocycles. The van der Waals surface area contributed by atoms with Crippen LogP contribution in [0.1, 0.15) is 19.8 Å². The second kappa shape index (κ2) is 11.7. The number of methoxy groups -OCH3 is 1. The highest BCUT2D eigenvalue weighted by molar-refractivity contribution is 7.99. The van der Waals surface area contributed by atoms with Crippen LogP contribution in [0.15, 0.2) is 53.7 Å². The zero-order valence-electron chi connectivity index (χ0n) is 19.9. The average molecular weight is 496 g/mol. The Labute approximate surface area is 208 Å². The zero-order chi connectivity index (χ0) is 24.6. The molecule has 0 spiro atoms. The van der Waals surface area contributed by atoms with Gasteiger partial charge in [0.2, 0.25) is 11.8 Å². The van der Waals surface area contributed by atoms with Crippen molar-refractivity contribution in [1.82, 2.24) is 25.0 Å². The van der Waals surface area contributed by atoms with E-state index in [1.807, 2.05) is 60.0 Å². The summed E-state index contributed by atoms with van der Waals surface area (Å²) in [6.45, 7) is 4.07. The number of carbonyl (C=O) groups is 2. The maximum Gasteiger partial charge on any atom is 0.241 e. The van der Waals surface area contributed by atoms with Gasteiger partial charge in [0.05, 0.1) is 26.0 Å². The predicted molar refractivity (Wildman–Crippen MR) is 134 cm³/mol. The van der Waals surface area contributed by atoms with Gasteiger partial charge in [-0.05, 0) is 68.3 Å². The van der Waals surface area contributed by atoms with E-state index in [1.54, 1.807) is 12.0 Å². The highest BCUT2D eigenvalue weighted by atomic mass is 32.2. The molecule has 0 saturated carbocycles. The Balaban J connectivity index is 1.51. The van der Waals surface area contributed by atoms with Crippen molar-refractivity contribution >= 4 is 23.6 Å². The molecule has 1 aromatic heterocycles. The fourth-order valence-corrected chi connectivity index (χ4v) is 4.60. The van der Waals surface area contributed by atoms with Crippen molar-refractivity contribution in [3.63, 3.8) is 0 Å². The number of benzene rings is 2. The minimum absolute atomic E-state index is 0.0159. The van der Waals surface area contributed by atoms with Crippen LogP contribution in [0.2, 0.25) is 0 Å². The first-order valence-corrected chi connectivity index (χ1v) is 12.6. The molecule has 3 aromatic rings. The molecule has 1 fully saturated rings. The van der Waals surface area contributed by atoms with E-state index in [1.165, 1.54) is 11.8 Å². The third kappa shape index (κ3) is 6.13. The van der Waals surface area contributed by atoms with Crippen LogP contribution >= 0.6 is 11.8 Å². The molecule has 2 amide bonds. The van der Waals surface area contributed by atoms with Crippen LogP contribution in [-0.4, -0.2) is 70.6 Å². The van der Waals surface area contributed by atoms with Gasteiger partial charge in [-0.3, -0.25) is 14.2 Å². The van der Waals surface area contributed by atoms with Crippen molar-refractivity contribution in [3.8, 4) is 28.6 Å². The fraction of sp³-hybridized carbons (Fsp3) is 0.360. The average Bonchev–Trinajstić information content (AvgIpc) is 3.57. The summed E-state index contributed by atoms with van der Waals surface area (Å²) in [6, 6.07) is 15.2. The van der Waals surface area contributed by atoms with E-state index in [9.17, 15) is 9.59 Å². The van der Waals surface area contributed by atoms with Crippen molar-refractivity contribution in [3.05, 3.63) is 48.5 Å². The molecular weight excluding hydrogens is 466 g/mol. The zero-order valence-corrected chi connectivity index (χ0v) is 20.7. The Bertz CT molecular complexity index is 1140. The summed E-state index contributed by atoms with van der Waals surface area (Å²) >= 11 is 1.27. The van der Waals surface area contributed by atoms with Crippen LogP contribution in [0.25, 0.3) is 17.1 Å². The molecule has 1 saturated heterocycles. The molecule has 10 heteroatoms. The molecule has 0 radical (unpaired) electrons. The molecule has 0 bridgehead atoms. The first kappa shape index (κ1) is 24.6. The van der Waals surface area contributed by atoms with E-state index in [0.717, 1.165) is 48.7 Å². The van der Waals surface area contributed by atoms with Gasteiger partial charge >= 0.3 is 0 Å². The highest BCUT2D eigenvalue weighted by Crippen LogP contribution is 2.29. The predicted octanol–water partition coefficient (Wildman–Crippen LogP) is 3.17. The van der Waals surface area contributed by atoms with E-state index in [0.29, 0.717) is 17.6 Å². The summed E-state index contributed by atoms with van der Waals surface area (Å²) in [5.41, 5.74) is 1.70. The topological polar surface area (TPSA) is 98.6 Å².